The van der Waals surface area contributed by atoms with E-state index in [9.17, 15) is 14.4 Å². The van der Waals surface area contributed by atoms with Gasteiger partial charge in [0.15, 0.2) is 5.65 Å². The average molecular weight is 779 g/mol. The molecule has 9 rings (SSSR count). The molecule has 0 spiro atoms. The van der Waals surface area contributed by atoms with Crippen molar-refractivity contribution in [1.29, 1.82) is 0 Å². The fraction of sp³-hybridized carbons (Fsp3) is 0.273. The molecule has 57 heavy (non-hydrogen) atoms. The molecule has 2 aromatic heterocycles. The van der Waals surface area contributed by atoms with Gasteiger partial charge in [0.2, 0.25) is 11.8 Å². The number of nitrogens with one attached hydrogen (secondary N) is 1. The second-order valence-electron chi connectivity index (χ2n) is 14.8. The predicted octanol–water partition coefficient (Wildman–Crippen LogP) is 6.80. The van der Waals surface area contributed by atoms with Gasteiger partial charge >= 0.3 is 0 Å². The molecule has 0 saturated carbocycles. The quantitative estimate of drug-likeness (QED) is 0.106. The Kier molecular flexibility index (Phi) is 10.2. The number of anilines is 1. The third kappa shape index (κ3) is 7.60. The van der Waals surface area contributed by atoms with Crippen LogP contribution in [0.5, 0.6) is 11.5 Å². The fourth-order valence-corrected chi connectivity index (χ4v) is 9.17. The highest BCUT2D eigenvalue weighted by atomic mass is 32.2. The molecular formula is C44H42N8O4S. The lowest BCUT2D eigenvalue weighted by Gasteiger charge is -2.33. The third-order valence-corrected chi connectivity index (χ3v) is 12.3. The number of imide groups is 1. The lowest BCUT2D eigenvalue weighted by atomic mass is 10.0. The number of likely N-dealkylation sites (tertiary alicyclic amines) is 1. The molecule has 6 aromatic rings. The van der Waals surface area contributed by atoms with Crippen molar-refractivity contribution in [1.82, 2.24) is 34.9 Å². The van der Waals surface area contributed by atoms with Crippen molar-refractivity contribution in [2.45, 2.75) is 61.4 Å². The molecule has 2 saturated heterocycles. The molecule has 1 unspecified atom stereocenters. The maximum absolute atomic E-state index is 13.3. The minimum absolute atomic E-state index is 0.148. The Morgan fingerprint density at radius 3 is 2.46 bits per heavy atom. The normalized spacial score (nSPS) is 18.5. The van der Waals surface area contributed by atoms with Crippen molar-refractivity contribution in [3.05, 3.63) is 126 Å². The highest BCUT2D eigenvalue weighted by Crippen LogP contribution is 2.37. The Morgan fingerprint density at radius 2 is 1.65 bits per heavy atom. The van der Waals surface area contributed by atoms with Crippen LogP contribution in [0.4, 0.5) is 5.82 Å². The van der Waals surface area contributed by atoms with Crippen LogP contribution in [0, 0.1) is 0 Å². The van der Waals surface area contributed by atoms with Gasteiger partial charge < -0.3 is 20.3 Å². The molecule has 0 bridgehead atoms. The summed E-state index contributed by atoms with van der Waals surface area (Å²) in [5.41, 5.74) is 13.0. The van der Waals surface area contributed by atoms with Gasteiger partial charge in [-0.25, -0.2) is 14.6 Å². The number of carbonyl (C=O) groups excluding carboxylic acids is 3. The summed E-state index contributed by atoms with van der Waals surface area (Å²) in [5, 5.41) is 8.28. The summed E-state index contributed by atoms with van der Waals surface area (Å²) >= 11 is 1.70. The van der Waals surface area contributed by atoms with E-state index in [0.717, 1.165) is 88.9 Å². The summed E-state index contributed by atoms with van der Waals surface area (Å²) in [6.07, 6.45) is 5.11. The standard InChI is InChI=1S/C44H42N8O4S/c45-41-39-40(30-15-17-33(18-16-30)56-32-7-2-1-3-8-32)49-52(42(39)47-27-46-41)31-6-5-22-50(24-31)23-21-28-11-13-29(14-12-28)26-57-37-10-4-9-34-35(37)25-51(44(34)55)36-19-20-38(53)48-43(36)54/h1-4,7-18,27,31,36H,5-6,19-26H2,(H2,45,46,47)(H,48,53,54)/t31-,36?/m1/s1. The summed E-state index contributed by atoms with van der Waals surface area (Å²) in [7, 11) is 0. The van der Waals surface area contributed by atoms with E-state index in [1.807, 2.05) is 72.8 Å². The molecule has 3 N–H and O–H groups in total. The average Bonchev–Trinajstić information content (AvgIpc) is 3.79. The molecule has 288 valence electrons. The number of piperidine rings is 2. The number of carbonyl (C=O) groups is 3. The fourth-order valence-electron chi connectivity index (χ4n) is 8.13. The lowest BCUT2D eigenvalue weighted by molar-refractivity contribution is -0.136. The number of fused-ring (bicyclic) bond motifs is 2. The Morgan fingerprint density at radius 1 is 0.860 bits per heavy atom. The van der Waals surface area contributed by atoms with E-state index in [4.69, 9.17) is 15.6 Å². The van der Waals surface area contributed by atoms with E-state index in [-0.39, 0.29) is 24.3 Å². The number of aromatic nitrogens is 4. The van der Waals surface area contributed by atoms with E-state index in [0.29, 0.717) is 24.3 Å². The summed E-state index contributed by atoms with van der Waals surface area (Å²) in [6, 6.07) is 31.7. The van der Waals surface area contributed by atoms with Gasteiger partial charge in [-0.3, -0.25) is 19.7 Å². The van der Waals surface area contributed by atoms with Crippen LogP contribution in [0.1, 0.15) is 58.8 Å². The highest BCUT2D eigenvalue weighted by molar-refractivity contribution is 7.98. The molecule has 12 nitrogen and oxygen atoms in total. The second kappa shape index (κ2) is 15.8. The van der Waals surface area contributed by atoms with Crippen molar-refractivity contribution in [3.8, 4) is 22.8 Å². The molecule has 13 heteroatoms. The van der Waals surface area contributed by atoms with Crippen LogP contribution in [0.25, 0.3) is 22.3 Å². The van der Waals surface area contributed by atoms with Gasteiger partial charge in [0.05, 0.1) is 11.4 Å². The number of hydrogen-bond donors (Lipinski definition) is 2. The Labute approximate surface area is 334 Å². The van der Waals surface area contributed by atoms with E-state index in [1.54, 1.807) is 16.7 Å². The van der Waals surface area contributed by atoms with Crippen LogP contribution in [0.3, 0.4) is 0 Å². The Balaban J connectivity index is 0.822. The van der Waals surface area contributed by atoms with Crippen LogP contribution >= 0.6 is 11.8 Å². The van der Waals surface area contributed by atoms with Crippen LogP contribution in [-0.2, 0) is 28.3 Å². The highest BCUT2D eigenvalue weighted by Gasteiger charge is 2.40. The van der Waals surface area contributed by atoms with E-state index < -0.39 is 11.9 Å². The Hall–Kier alpha value is -6.05. The van der Waals surface area contributed by atoms with E-state index in [2.05, 4.69) is 49.1 Å². The first-order chi connectivity index (χ1) is 27.9. The first-order valence-corrected chi connectivity index (χ1v) is 20.4. The number of hydrogen-bond acceptors (Lipinski definition) is 10. The van der Waals surface area contributed by atoms with Crippen LogP contribution in [0.2, 0.25) is 0 Å². The zero-order valence-electron chi connectivity index (χ0n) is 31.3. The number of nitrogens with two attached hydrogens (primary N) is 1. The molecule has 4 aromatic carbocycles. The van der Waals surface area contributed by atoms with Crippen molar-refractivity contribution in [2.24, 2.45) is 0 Å². The predicted molar refractivity (Wildman–Crippen MR) is 219 cm³/mol. The molecule has 2 atom stereocenters. The number of benzene rings is 4. The van der Waals surface area contributed by atoms with Crippen LogP contribution in [0.15, 0.2) is 108 Å². The summed E-state index contributed by atoms with van der Waals surface area (Å²) in [5.74, 6) is 1.87. The van der Waals surface area contributed by atoms with Gasteiger partial charge in [0, 0.05) is 47.8 Å². The number of amides is 3. The van der Waals surface area contributed by atoms with Gasteiger partial charge in [-0.15, -0.1) is 11.8 Å². The van der Waals surface area contributed by atoms with Crippen molar-refractivity contribution < 1.29 is 19.1 Å². The number of rotatable bonds is 11. The maximum Gasteiger partial charge on any atom is 0.255 e. The van der Waals surface area contributed by atoms with Gasteiger partial charge in [-0.05, 0) is 97.4 Å². The van der Waals surface area contributed by atoms with Crippen molar-refractivity contribution in [2.75, 3.05) is 25.4 Å². The minimum Gasteiger partial charge on any atom is -0.457 e. The molecule has 0 aliphatic carbocycles. The first kappa shape index (κ1) is 36.6. The van der Waals surface area contributed by atoms with Gasteiger partial charge in [0.25, 0.3) is 5.91 Å². The molecular weight excluding hydrogens is 737 g/mol. The number of thioether (sulfide) groups is 1. The third-order valence-electron chi connectivity index (χ3n) is 11.1. The monoisotopic (exact) mass is 778 g/mol. The van der Waals surface area contributed by atoms with E-state index in [1.165, 1.54) is 17.5 Å². The number of nitrogens with zero attached hydrogens (tertiary/aromatic N) is 6. The summed E-state index contributed by atoms with van der Waals surface area (Å²) in [6.45, 7) is 3.20. The zero-order valence-corrected chi connectivity index (χ0v) is 32.2. The first-order valence-electron chi connectivity index (χ1n) is 19.4. The SMILES string of the molecule is Nc1ncnc2c1c(-c1ccc(Oc3ccccc3)cc1)nn2[C@@H]1CCCN(CCc2ccc(CSc3cccc4c3CN(C3CCC(=O)NC3=O)C4=O)cc2)C1. The zero-order chi connectivity index (χ0) is 38.9. The molecule has 0 radical (unpaired) electrons. The molecule has 3 aliphatic heterocycles. The largest absolute Gasteiger partial charge is 0.457 e. The lowest BCUT2D eigenvalue weighted by Crippen LogP contribution is -2.52. The summed E-state index contributed by atoms with van der Waals surface area (Å²) in [4.78, 5) is 51.6. The van der Waals surface area contributed by atoms with Gasteiger partial charge in [-0.1, -0.05) is 48.5 Å². The summed E-state index contributed by atoms with van der Waals surface area (Å²) < 4.78 is 8.07. The van der Waals surface area contributed by atoms with Crippen molar-refractivity contribution >= 4 is 46.3 Å². The molecule has 2 fully saturated rings. The van der Waals surface area contributed by atoms with Gasteiger partial charge in [-0.2, -0.15) is 5.10 Å². The van der Waals surface area contributed by atoms with Gasteiger partial charge in [0.1, 0.15) is 35.4 Å². The maximum atomic E-state index is 13.3. The van der Waals surface area contributed by atoms with E-state index >= 15 is 0 Å². The van der Waals surface area contributed by atoms with Crippen LogP contribution < -0.4 is 15.8 Å². The van der Waals surface area contributed by atoms with Crippen molar-refractivity contribution in [3.63, 3.8) is 0 Å². The van der Waals surface area contributed by atoms with Crippen LogP contribution in [-0.4, -0.2) is 72.9 Å². The topological polar surface area (TPSA) is 149 Å². The number of ether oxygens (including phenoxy) is 1. The molecule has 3 aliphatic rings. The second-order valence-corrected chi connectivity index (χ2v) is 15.8. The Bertz CT molecular complexity index is 2460. The molecule has 5 heterocycles. The minimum atomic E-state index is -0.619. The number of para-hydroxylation sites is 1. The number of nitrogen functional groups attached to an aromatic ring is 1. The smallest absolute Gasteiger partial charge is 0.255 e. The molecule has 3 amide bonds.